The molecule has 0 aromatic carbocycles. The van der Waals surface area contributed by atoms with Gasteiger partial charge in [0.2, 0.25) is 0 Å². The summed E-state index contributed by atoms with van der Waals surface area (Å²) < 4.78 is 0. The van der Waals surface area contributed by atoms with Crippen molar-refractivity contribution in [2.45, 2.75) is 33.6 Å². The van der Waals surface area contributed by atoms with Gasteiger partial charge in [-0.3, -0.25) is 0 Å². The Kier molecular flexibility index (Phi) is 15.4. The first-order valence-corrected chi connectivity index (χ1v) is 4.03. The third-order valence-electron chi connectivity index (χ3n) is 1.45. The summed E-state index contributed by atoms with van der Waals surface area (Å²) in [6.45, 7) is 8.49. The minimum atomic E-state index is 0. The molecular formula is C8H18NRb. The van der Waals surface area contributed by atoms with Gasteiger partial charge >= 0.3 is 58.2 Å². The molecule has 56 valence electrons. The molecule has 1 unspecified atom stereocenters. The van der Waals surface area contributed by atoms with Gasteiger partial charge in [-0.25, -0.2) is 0 Å². The molecule has 1 saturated heterocycles. The van der Waals surface area contributed by atoms with E-state index in [0.717, 1.165) is 19.0 Å². The van der Waals surface area contributed by atoms with Crippen LogP contribution >= 0.6 is 0 Å². The minimum Gasteiger partial charge on any atom is -0.662 e. The van der Waals surface area contributed by atoms with E-state index < -0.39 is 0 Å². The Balaban J connectivity index is 0. The van der Waals surface area contributed by atoms with Gasteiger partial charge in [0.25, 0.3) is 0 Å². The zero-order chi connectivity index (χ0) is 7.11. The molecule has 1 rings (SSSR count). The smallest absolute Gasteiger partial charge is 0.662 e. The van der Waals surface area contributed by atoms with Crippen molar-refractivity contribution in [1.29, 1.82) is 0 Å². The monoisotopic (exact) mass is 213 g/mol. The van der Waals surface area contributed by atoms with Crippen LogP contribution in [0.5, 0.6) is 0 Å². The van der Waals surface area contributed by atoms with Crippen LogP contribution in [-0.2, 0) is 0 Å². The van der Waals surface area contributed by atoms with E-state index >= 15 is 0 Å². The molecule has 1 atom stereocenters. The van der Waals surface area contributed by atoms with Crippen molar-refractivity contribution >= 4 is 0 Å². The second-order valence-electron chi connectivity index (χ2n) is 2.38. The molecule has 0 N–H and O–H groups in total. The number of hydrogen-bond donors (Lipinski definition) is 0. The van der Waals surface area contributed by atoms with Crippen molar-refractivity contribution in [3.8, 4) is 0 Å². The molecule has 1 nitrogen and oxygen atoms in total. The van der Waals surface area contributed by atoms with Gasteiger partial charge in [0.1, 0.15) is 0 Å². The number of nitrogens with zero attached hydrogens (tertiary/aromatic N) is 1. The van der Waals surface area contributed by atoms with Crippen LogP contribution in [0.2, 0.25) is 0 Å². The van der Waals surface area contributed by atoms with Gasteiger partial charge < -0.3 is 5.32 Å². The van der Waals surface area contributed by atoms with Gasteiger partial charge in [0.05, 0.1) is 0 Å². The summed E-state index contributed by atoms with van der Waals surface area (Å²) in [5, 5.41) is 4.26. The first-order chi connectivity index (χ1) is 4.39. The van der Waals surface area contributed by atoms with E-state index in [2.05, 4.69) is 12.2 Å². The fraction of sp³-hybridized carbons (Fsp3) is 1.00. The van der Waals surface area contributed by atoms with Gasteiger partial charge in [-0.15, -0.1) is 13.1 Å². The van der Waals surface area contributed by atoms with E-state index in [1.54, 1.807) is 0 Å². The molecule has 0 aromatic heterocycles. The predicted octanol–water partition coefficient (Wildman–Crippen LogP) is -0.180. The van der Waals surface area contributed by atoms with E-state index in [1.807, 2.05) is 13.8 Å². The van der Waals surface area contributed by atoms with E-state index in [-0.39, 0.29) is 58.2 Å². The Morgan fingerprint density at radius 2 is 1.90 bits per heavy atom. The standard InChI is InChI=1S/C6H12N.C2H6.Rb/c1-6-3-2-4-7-5-6;1-2;/h6H,2-5H2,1H3;1-2H3;/q-1;;+1. The third kappa shape index (κ3) is 7.87. The van der Waals surface area contributed by atoms with Crippen LogP contribution in [0.4, 0.5) is 0 Å². The van der Waals surface area contributed by atoms with E-state index in [9.17, 15) is 0 Å². The largest absolute Gasteiger partial charge is 1.00 e. The fourth-order valence-corrected chi connectivity index (χ4v) is 0.955. The quantitative estimate of drug-likeness (QED) is 0.530. The van der Waals surface area contributed by atoms with Crippen molar-refractivity contribution in [1.82, 2.24) is 0 Å². The summed E-state index contributed by atoms with van der Waals surface area (Å²) in [5.41, 5.74) is 0. The number of hydrogen-bond acceptors (Lipinski definition) is 0. The Hall–Kier alpha value is 1.77. The van der Waals surface area contributed by atoms with Gasteiger partial charge in [-0.05, 0) is 0 Å². The molecule has 1 fully saturated rings. The molecule has 10 heavy (non-hydrogen) atoms. The molecule has 0 saturated carbocycles. The SMILES string of the molecule is CC.CC1CCC[N-]C1.[Rb+]. The first kappa shape index (κ1) is 14.3. The Bertz CT molecular complexity index is 51.2. The summed E-state index contributed by atoms with van der Waals surface area (Å²) in [6.07, 6.45) is 2.71. The van der Waals surface area contributed by atoms with Crippen LogP contribution in [0.15, 0.2) is 0 Å². The maximum atomic E-state index is 4.26. The van der Waals surface area contributed by atoms with E-state index in [0.29, 0.717) is 0 Å². The molecular weight excluding hydrogens is 196 g/mol. The molecule has 1 heterocycles. The molecule has 1 aliphatic rings. The van der Waals surface area contributed by atoms with Crippen LogP contribution in [0.3, 0.4) is 0 Å². The predicted molar refractivity (Wildman–Crippen MR) is 42.8 cm³/mol. The molecule has 0 radical (unpaired) electrons. The van der Waals surface area contributed by atoms with Crippen molar-refractivity contribution in [2.75, 3.05) is 13.1 Å². The molecule has 0 bridgehead atoms. The van der Waals surface area contributed by atoms with Gasteiger partial charge in [-0.1, -0.05) is 39.5 Å². The van der Waals surface area contributed by atoms with Crippen LogP contribution in [0.1, 0.15) is 33.6 Å². The van der Waals surface area contributed by atoms with Crippen molar-refractivity contribution < 1.29 is 58.2 Å². The summed E-state index contributed by atoms with van der Waals surface area (Å²) in [7, 11) is 0. The minimum absolute atomic E-state index is 0. The van der Waals surface area contributed by atoms with Gasteiger partial charge in [0.15, 0.2) is 0 Å². The first-order valence-electron chi connectivity index (χ1n) is 4.03. The van der Waals surface area contributed by atoms with Gasteiger partial charge in [-0.2, -0.15) is 0 Å². The summed E-state index contributed by atoms with van der Waals surface area (Å²) in [5.74, 6) is 0.869. The summed E-state index contributed by atoms with van der Waals surface area (Å²) in [4.78, 5) is 0. The van der Waals surface area contributed by atoms with Crippen molar-refractivity contribution in [3.05, 3.63) is 5.32 Å². The maximum Gasteiger partial charge on any atom is 1.00 e. The van der Waals surface area contributed by atoms with Crippen molar-refractivity contribution in [3.63, 3.8) is 0 Å². The van der Waals surface area contributed by atoms with Crippen LogP contribution in [-0.4, -0.2) is 13.1 Å². The molecule has 0 amide bonds. The number of rotatable bonds is 0. The van der Waals surface area contributed by atoms with Crippen LogP contribution in [0.25, 0.3) is 5.32 Å². The second kappa shape index (κ2) is 10.8. The zero-order valence-corrected chi connectivity index (χ0v) is 12.8. The normalized spacial score (nSPS) is 23.7. The van der Waals surface area contributed by atoms with Crippen LogP contribution in [0, 0.1) is 5.92 Å². The average molecular weight is 214 g/mol. The molecule has 0 aliphatic carbocycles. The van der Waals surface area contributed by atoms with E-state index in [4.69, 9.17) is 0 Å². The van der Waals surface area contributed by atoms with Crippen molar-refractivity contribution in [2.24, 2.45) is 5.92 Å². The Labute approximate surface area is 114 Å². The Morgan fingerprint density at radius 3 is 2.10 bits per heavy atom. The Morgan fingerprint density at radius 1 is 1.30 bits per heavy atom. The summed E-state index contributed by atoms with van der Waals surface area (Å²) in [6, 6.07) is 0. The number of piperidine rings is 1. The second-order valence-corrected chi connectivity index (χ2v) is 2.38. The fourth-order valence-electron chi connectivity index (χ4n) is 0.955. The van der Waals surface area contributed by atoms with E-state index in [1.165, 1.54) is 12.8 Å². The topological polar surface area (TPSA) is 14.1 Å². The van der Waals surface area contributed by atoms with Gasteiger partial charge in [0, 0.05) is 0 Å². The summed E-state index contributed by atoms with van der Waals surface area (Å²) >= 11 is 0. The zero-order valence-electron chi connectivity index (χ0n) is 7.85. The maximum absolute atomic E-state index is 4.26. The molecule has 1 aliphatic heterocycles. The molecule has 2 heteroatoms. The van der Waals surface area contributed by atoms with Crippen LogP contribution < -0.4 is 58.2 Å². The molecule has 0 spiro atoms. The third-order valence-corrected chi connectivity index (χ3v) is 1.45. The molecule has 0 aromatic rings. The average Bonchev–Trinajstić information content (AvgIpc) is 1.94.